The highest BCUT2D eigenvalue weighted by molar-refractivity contribution is 9.10. The highest BCUT2D eigenvalue weighted by Gasteiger charge is 2.07. The fraction of sp³-hybridized carbons (Fsp3) is 0. The van der Waals surface area contributed by atoms with E-state index in [1.54, 1.807) is 0 Å². The monoisotopic (exact) mass is 290 g/mol. The number of aromatic amines is 1. The van der Waals surface area contributed by atoms with Gasteiger partial charge in [0.15, 0.2) is 0 Å². The molecule has 2 aromatic rings. The Morgan fingerprint density at radius 3 is 2.93 bits per heavy atom. The Balaban J connectivity index is 2.59. The van der Waals surface area contributed by atoms with Crippen molar-refractivity contribution in [2.24, 2.45) is 0 Å². The Morgan fingerprint density at radius 2 is 2.36 bits per heavy atom. The van der Waals surface area contributed by atoms with Crippen LogP contribution in [0.15, 0.2) is 26.9 Å². The molecule has 0 aliphatic heterocycles. The maximum Gasteiger partial charge on any atom is 0.265 e. The first-order valence-electron chi connectivity index (χ1n) is 3.66. The standard InChI is InChI=1S/C8H4BrClN2OS/c9-5-3-11-7(12-8(5)13)4-1-2-14-6(4)10/h1-3H,(H,11,12,13). The van der Waals surface area contributed by atoms with Gasteiger partial charge in [-0.2, -0.15) is 0 Å². The molecule has 0 aromatic carbocycles. The van der Waals surface area contributed by atoms with Gasteiger partial charge in [-0.1, -0.05) is 11.6 Å². The summed E-state index contributed by atoms with van der Waals surface area (Å²) in [4.78, 5) is 18.0. The van der Waals surface area contributed by atoms with E-state index in [4.69, 9.17) is 11.6 Å². The maximum absolute atomic E-state index is 11.3. The maximum atomic E-state index is 11.3. The van der Waals surface area contributed by atoms with Gasteiger partial charge in [0.25, 0.3) is 5.56 Å². The summed E-state index contributed by atoms with van der Waals surface area (Å²) in [6.45, 7) is 0. The summed E-state index contributed by atoms with van der Waals surface area (Å²) in [6, 6.07) is 1.82. The van der Waals surface area contributed by atoms with E-state index in [9.17, 15) is 4.79 Å². The molecule has 0 unspecified atom stereocenters. The van der Waals surface area contributed by atoms with Gasteiger partial charge in [0.05, 0.1) is 0 Å². The van der Waals surface area contributed by atoms with E-state index in [1.807, 2.05) is 11.4 Å². The van der Waals surface area contributed by atoms with Crippen LogP contribution in [-0.2, 0) is 0 Å². The second kappa shape index (κ2) is 3.84. The summed E-state index contributed by atoms with van der Waals surface area (Å²) in [5.74, 6) is 0.490. The van der Waals surface area contributed by atoms with Gasteiger partial charge in [-0.3, -0.25) is 4.79 Å². The van der Waals surface area contributed by atoms with Crippen molar-refractivity contribution in [1.82, 2.24) is 9.97 Å². The SMILES string of the molecule is O=c1[nH]c(-c2ccsc2Cl)ncc1Br. The van der Waals surface area contributed by atoms with E-state index < -0.39 is 0 Å². The third kappa shape index (κ3) is 1.75. The number of halogens is 2. The predicted molar refractivity (Wildman–Crippen MR) is 60.9 cm³/mol. The van der Waals surface area contributed by atoms with Crippen molar-refractivity contribution in [2.75, 3.05) is 0 Å². The molecule has 0 spiro atoms. The molecule has 6 heteroatoms. The lowest BCUT2D eigenvalue weighted by Crippen LogP contribution is -2.08. The topological polar surface area (TPSA) is 45.8 Å². The minimum atomic E-state index is -0.211. The lowest BCUT2D eigenvalue weighted by molar-refractivity contribution is 1.11. The number of hydrogen-bond acceptors (Lipinski definition) is 3. The predicted octanol–water partition coefficient (Wildman–Crippen LogP) is 2.91. The van der Waals surface area contributed by atoms with E-state index in [0.717, 1.165) is 5.56 Å². The molecule has 3 nitrogen and oxygen atoms in total. The summed E-state index contributed by atoms with van der Waals surface area (Å²) in [6.07, 6.45) is 1.46. The normalized spacial score (nSPS) is 10.4. The lowest BCUT2D eigenvalue weighted by atomic mass is 10.3. The van der Waals surface area contributed by atoms with Crippen molar-refractivity contribution in [2.45, 2.75) is 0 Å². The van der Waals surface area contributed by atoms with E-state index in [0.29, 0.717) is 14.6 Å². The molecule has 1 N–H and O–H groups in total. The molecule has 2 rings (SSSR count). The van der Waals surface area contributed by atoms with Gasteiger partial charge in [-0.25, -0.2) is 4.98 Å². The minimum Gasteiger partial charge on any atom is -0.305 e. The first-order valence-corrected chi connectivity index (χ1v) is 5.72. The van der Waals surface area contributed by atoms with Crippen LogP contribution in [0.25, 0.3) is 11.4 Å². The van der Waals surface area contributed by atoms with Gasteiger partial charge in [-0.15, -0.1) is 11.3 Å². The van der Waals surface area contributed by atoms with E-state index in [-0.39, 0.29) is 5.56 Å². The van der Waals surface area contributed by atoms with Crippen LogP contribution in [0.1, 0.15) is 0 Å². The minimum absolute atomic E-state index is 0.211. The largest absolute Gasteiger partial charge is 0.305 e. The summed E-state index contributed by atoms with van der Waals surface area (Å²) in [5.41, 5.74) is 0.540. The van der Waals surface area contributed by atoms with Crippen molar-refractivity contribution in [1.29, 1.82) is 0 Å². The Bertz CT molecular complexity index is 522. The molecular formula is C8H4BrClN2OS. The second-order valence-electron chi connectivity index (χ2n) is 2.52. The van der Waals surface area contributed by atoms with Crippen molar-refractivity contribution >= 4 is 38.9 Å². The number of thiophene rings is 1. The number of rotatable bonds is 1. The van der Waals surface area contributed by atoms with Crippen molar-refractivity contribution < 1.29 is 0 Å². The van der Waals surface area contributed by atoms with Gasteiger partial charge in [0, 0.05) is 11.8 Å². The van der Waals surface area contributed by atoms with Crippen LogP contribution in [0.2, 0.25) is 4.34 Å². The van der Waals surface area contributed by atoms with E-state index >= 15 is 0 Å². The third-order valence-electron chi connectivity index (χ3n) is 1.63. The average molecular weight is 292 g/mol. The molecule has 0 saturated heterocycles. The summed E-state index contributed by atoms with van der Waals surface area (Å²) >= 11 is 10.4. The summed E-state index contributed by atoms with van der Waals surface area (Å²) in [5, 5.41) is 1.85. The third-order valence-corrected chi connectivity index (χ3v) is 3.36. The zero-order chi connectivity index (χ0) is 10.1. The smallest absolute Gasteiger partial charge is 0.265 e. The Kier molecular flexibility index (Phi) is 2.71. The van der Waals surface area contributed by atoms with E-state index in [1.165, 1.54) is 17.5 Å². The van der Waals surface area contributed by atoms with Crippen molar-refractivity contribution in [3.8, 4) is 11.4 Å². The lowest BCUT2D eigenvalue weighted by Gasteiger charge is -1.97. The zero-order valence-corrected chi connectivity index (χ0v) is 9.91. The second-order valence-corrected chi connectivity index (χ2v) is 4.89. The quantitative estimate of drug-likeness (QED) is 0.878. The molecule has 0 radical (unpaired) electrons. The van der Waals surface area contributed by atoms with Gasteiger partial charge in [0.1, 0.15) is 14.6 Å². The van der Waals surface area contributed by atoms with Gasteiger partial charge >= 0.3 is 0 Å². The first-order chi connectivity index (χ1) is 6.68. The average Bonchev–Trinajstić information content (AvgIpc) is 2.57. The molecule has 0 aliphatic carbocycles. The van der Waals surface area contributed by atoms with Crippen LogP contribution in [0.5, 0.6) is 0 Å². The summed E-state index contributed by atoms with van der Waals surface area (Å²) in [7, 11) is 0. The molecule has 0 atom stereocenters. The summed E-state index contributed by atoms with van der Waals surface area (Å²) < 4.78 is 1.03. The molecule has 0 bridgehead atoms. The Morgan fingerprint density at radius 1 is 1.57 bits per heavy atom. The number of nitrogens with zero attached hydrogens (tertiary/aromatic N) is 1. The molecule has 0 amide bonds. The van der Waals surface area contributed by atoms with Crippen molar-refractivity contribution in [3.63, 3.8) is 0 Å². The number of H-pyrrole nitrogens is 1. The molecule has 72 valence electrons. The fourth-order valence-electron chi connectivity index (χ4n) is 0.979. The van der Waals surface area contributed by atoms with Crippen LogP contribution in [0, 0.1) is 0 Å². The van der Waals surface area contributed by atoms with Crippen LogP contribution in [0.4, 0.5) is 0 Å². The Labute approximate surface area is 96.9 Å². The number of nitrogens with one attached hydrogen (secondary N) is 1. The highest BCUT2D eigenvalue weighted by atomic mass is 79.9. The molecule has 0 aliphatic rings. The molecule has 14 heavy (non-hydrogen) atoms. The van der Waals surface area contributed by atoms with Crippen LogP contribution < -0.4 is 5.56 Å². The van der Waals surface area contributed by atoms with Gasteiger partial charge < -0.3 is 4.98 Å². The molecule has 0 saturated carbocycles. The highest BCUT2D eigenvalue weighted by Crippen LogP contribution is 2.29. The zero-order valence-electron chi connectivity index (χ0n) is 6.75. The molecular weight excluding hydrogens is 288 g/mol. The molecule has 2 heterocycles. The van der Waals surface area contributed by atoms with Crippen LogP contribution in [-0.4, -0.2) is 9.97 Å². The van der Waals surface area contributed by atoms with Crippen LogP contribution >= 0.6 is 38.9 Å². The fourth-order valence-corrected chi connectivity index (χ4v) is 2.10. The number of aromatic nitrogens is 2. The van der Waals surface area contributed by atoms with Crippen LogP contribution in [0.3, 0.4) is 0 Å². The molecule has 0 fully saturated rings. The van der Waals surface area contributed by atoms with Gasteiger partial charge in [-0.05, 0) is 27.4 Å². The molecule has 2 aromatic heterocycles. The van der Waals surface area contributed by atoms with Crippen molar-refractivity contribution in [3.05, 3.63) is 36.8 Å². The first kappa shape index (κ1) is 9.89. The number of hydrogen-bond donors (Lipinski definition) is 1. The Hall–Kier alpha value is -0.650. The van der Waals surface area contributed by atoms with E-state index in [2.05, 4.69) is 25.9 Å². The van der Waals surface area contributed by atoms with Gasteiger partial charge in [0.2, 0.25) is 0 Å².